The number of hydrogen-bond donors (Lipinski definition) is 0. The van der Waals surface area contributed by atoms with Gasteiger partial charge >= 0.3 is 12.0 Å². The molecule has 0 N–H and O–H groups in total. The molecule has 2 aliphatic heterocycles. The largest absolute Gasteiger partial charge is 0.355 e. The molecule has 0 aromatic rings. The normalized spacial score (nSPS) is 21.8. The van der Waals surface area contributed by atoms with E-state index >= 15 is 0 Å². The van der Waals surface area contributed by atoms with Gasteiger partial charge in [-0.05, 0) is 32.1 Å². The topological polar surface area (TPSA) is 96.5 Å². The van der Waals surface area contributed by atoms with E-state index in [-0.39, 0.29) is 12.1 Å². The van der Waals surface area contributed by atoms with Crippen LogP contribution >= 0.6 is 0 Å². The number of rotatable bonds is 9. The molecular weight excluding hydrogens is 390 g/mol. The van der Waals surface area contributed by atoms with Crippen molar-refractivity contribution >= 4 is 23.8 Å². The maximum absolute atomic E-state index is 12.8. The predicted molar refractivity (Wildman–Crippen MR) is 108 cm³/mol. The molecular formula is C21H33N3O6. The number of allylic oxidation sites excluding steroid dienone is 2. The molecule has 30 heavy (non-hydrogen) atoms. The smallest absolute Gasteiger partial charge is 0.328 e. The lowest BCUT2D eigenvalue weighted by molar-refractivity contribution is -0.206. The summed E-state index contributed by atoms with van der Waals surface area (Å²) < 4.78 is 0. The molecule has 2 rings (SSSR count). The van der Waals surface area contributed by atoms with E-state index in [1.165, 1.54) is 16.9 Å². The lowest BCUT2D eigenvalue weighted by Crippen LogP contribution is -2.49. The van der Waals surface area contributed by atoms with E-state index in [1.54, 1.807) is 6.92 Å². The number of hydrogen-bond acceptors (Lipinski definition) is 6. The second-order valence-electron chi connectivity index (χ2n) is 7.77. The summed E-state index contributed by atoms with van der Waals surface area (Å²) in [5.41, 5.74) is 0. The molecule has 2 fully saturated rings. The number of nitrogens with zero attached hydrogens (tertiary/aromatic N) is 3. The van der Waals surface area contributed by atoms with E-state index in [2.05, 4.69) is 0 Å². The second-order valence-corrected chi connectivity index (χ2v) is 7.77. The molecule has 9 heteroatoms. The van der Waals surface area contributed by atoms with Crippen molar-refractivity contribution in [1.82, 2.24) is 15.0 Å². The quantitative estimate of drug-likeness (QED) is 0.321. The van der Waals surface area contributed by atoms with Gasteiger partial charge in [0.25, 0.3) is 11.8 Å². The summed E-state index contributed by atoms with van der Waals surface area (Å²) in [6, 6.07) is -1.33. The molecule has 9 nitrogen and oxygen atoms in total. The standard InChI is InChI=1S/C21H33N3O6/c1-5-7-9-10-15(3)19(26)23(16(4)25)30-20(27)18-12-11-17-14-22(18)21(28)24(17)29-13-8-6-2/h7,9,15,17-18H,5-6,8,10-14H2,1-4H3/b9-7-/t15?,17-,18-/m0/s1. The van der Waals surface area contributed by atoms with Crippen LogP contribution in [0.2, 0.25) is 0 Å². The molecule has 0 spiro atoms. The molecule has 168 valence electrons. The van der Waals surface area contributed by atoms with Crippen molar-refractivity contribution in [3.05, 3.63) is 12.2 Å². The van der Waals surface area contributed by atoms with Gasteiger partial charge in [0.05, 0.1) is 12.6 Å². The molecule has 2 bridgehead atoms. The summed E-state index contributed by atoms with van der Waals surface area (Å²) in [6.45, 7) is 7.66. The summed E-state index contributed by atoms with van der Waals surface area (Å²) in [7, 11) is 0. The first kappa shape index (κ1) is 23.9. The zero-order valence-electron chi connectivity index (χ0n) is 18.3. The Labute approximate surface area is 177 Å². The first-order chi connectivity index (χ1) is 14.3. The van der Waals surface area contributed by atoms with Crippen molar-refractivity contribution in [2.45, 2.75) is 78.3 Å². The van der Waals surface area contributed by atoms with E-state index in [0.29, 0.717) is 37.5 Å². The third-order valence-corrected chi connectivity index (χ3v) is 5.30. The van der Waals surface area contributed by atoms with Crippen molar-refractivity contribution < 1.29 is 28.9 Å². The van der Waals surface area contributed by atoms with Crippen LogP contribution in [0.3, 0.4) is 0 Å². The molecule has 2 heterocycles. The van der Waals surface area contributed by atoms with E-state index < -0.39 is 29.7 Å². The number of amides is 4. The van der Waals surface area contributed by atoms with Gasteiger partial charge in [0.15, 0.2) is 0 Å². The van der Waals surface area contributed by atoms with Crippen LogP contribution < -0.4 is 0 Å². The highest BCUT2D eigenvalue weighted by molar-refractivity contribution is 5.96. The highest BCUT2D eigenvalue weighted by Gasteiger charge is 2.49. The van der Waals surface area contributed by atoms with Crippen LogP contribution in [0.1, 0.15) is 66.2 Å². The summed E-state index contributed by atoms with van der Waals surface area (Å²) >= 11 is 0. The van der Waals surface area contributed by atoms with Gasteiger partial charge in [-0.3, -0.25) is 14.4 Å². The molecule has 2 saturated heterocycles. The summed E-state index contributed by atoms with van der Waals surface area (Å²) in [5.74, 6) is -2.55. The van der Waals surface area contributed by atoms with Gasteiger partial charge in [0, 0.05) is 19.4 Å². The van der Waals surface area contributed by atoms with Crippen LogP contribution in [-0.2, 0) is 24.1 Å². The minimum absolute atomic E-state index is 0.102. The Hall–Kier alpha value is -2.42. The molecule has 0 aliphatic carbocycles. The highest BCUT2D eigenvalue weighted by Crippen LogP contribution is 2.31. The minimum atomic E-state index is -0.849. The molecule has 0 saturated carbocycles. The lowest BCUT2D eigenvalue weighted by atomic mass is 10.0. The monoisotopic (exact) mass is 423 g/mol. The van der Waals surface area contributed by atoms with E-state index in [9.17, 15) is 19.2 Å². The number of unbranched alkanes of at least 4 members (excludes halogenated alkanes) is 1. The van der Waals surface area contributed by atoms with Gasteiger partial charge < -0.3 is 9.74 Å². The summed E-state index contributed by atoms with van der Waals surface area (Å²) in [4.78, 5) is 62.2. The van der Waals surface area contributed by atoms with Crippen LogP contribution in [0.25, 0.3) is 0 Å². The van der Waals surface area contributed by atoms with Crippen LogP contribution in [0, 0.1) is 5.92 Å². The van der Waals surface area contributed by atoms with E-state index in [0.717, 1.165) is 19.3 Å². The zero-order valence-corrected chi connectivity index (χ0v) is 18.3. The Morgan fingerprint density at radius 2 is 1.97 bits per heavy atom. The first-order valence-corrected chi connectivity index (χ1v) is 10.8. The molecule has 4 amide bonds. The number of urea groups is 1. The maximum Gasteiger partial charge on any atom is 0.355 e. The van der Waals surface area contributed by atoms with Gasteiger partial charge in [-0.2, -0.15) is 5.06 Å². The Kier molecular flexibility index (Phi) is 8.83. The third kappa shape index (κ3) is 5.59. The Balaban J connectivity index is 2.01. The minimum Gasteiger partial charge on any atom is -0.328 e. The van der Waals surface area contributed by atoms with Crippen LogP contribution in [0.4, 0.5) is 4.79 Å². The molecule has 2 aliphatic rings. The lowest BCUT2D eigenvalue weighted by Gasteiger charge is -2.30. The molecule has 0 aromatic heterocycles. The molecule has 0 radical (unpaired) electrons. The fourth-order valence-electron chi connectivity index (χ4n) is 3.53. The summed E-state index contributed by atoms with van der Waals surface area (Å²) in [5, 5.41) is 1.87. The number of fused-ring (bicyclic) bond motifs is 2. The Bertz CT molecular complexity index is 680. The highest BCUT2D eigenvalue weighted by atomic mass is 16.7. The average molecular weight is 424 g/mol. The van der Waals surface area contributed by atoms with Crippen molar-refractivity contribution in [3.63, 3.8) is 0 Å². The van der Waals surface area contributed by atoms with Gasteiger partial charge in [-0.1, -0.05) is 39.3 Å². The fourth-order valence-corrected chi connectivity index (χ4v) is 3.53. The van der Waals surface area contributed by atoms with Gasteiger partial charge in [0.2, 0.25) is 0 Å². The second kappa shape index (κ2) is 11.1. The SMILES string of the molecule is CC/C=C\CC(C)C(=O)N(OC(=O)[C@@H]1CC[C@H]2CN1C(=O)N2OCCCC)C(C)=O. The van der Waals surface area contributed by atoms with Crippen LogP contribution in [-0.4, -0.2) is 64.1 Å². The molecule has 3 atom stereocenters. The number of carbonyl (C=O) groups excluding carboxylic acids is 4. The number of imide groups is 1. The predicted octanol–water partition coefficient (Wildman–Crippen LogP) is 2.81. The van der Waals surface area contributed by atoms with Gasteiger partial charge in [-0.15, -0.1) is 5.06 Å². The number of hydroxylamine groups is 4. The van der Waals surface area contributed by atoms with Crippen LogP contribution in [0.5, 0.6) is 0 Å². The Morgan fingerprint density at radius 3 is 2.60 bits per heavy atom. The average Bonchev–Trinajstić information content (AvgIpc) is 2.96. The third-order valence-electron chi connectivity index (χ3n) is 5.30. The zero-order chi connectivity index (χ0) is 22.3. The number of piperidine rings is 1. The van der Waals surface area contributed by atoms with E-state index in [4.69, 9.17) is 9.68 Å². The van der Waals surface area contributed by atoms with Crippen molar-refractivity contribution in [1.29, 1.82) is 0 Å². The Morgan fingerprint density at radius 1 is 1.23 bits per heavy atom. The van der Waals surface area contributed by atoms with Crippen LogP contribution in [0.15, 0.2) is 12.2 Å². The van der Waals surface area contributed by atoms with Gasteiger partial charge in [0.1, 0.15) is 6.04 Å². The van der Waals surface area contributed by atoms with Crippen molar-refractivity contribution in [2.75, 3.05) is 13.2 Å². The van der Waals surface area contributed by atoms with E-state index in [1.807, 2.05) is 26.0 Å². The van der Waals surface area contributed by atoms with Crippen molar-refractivity contribution in [3.8, 4) is 0 Å². The maximum atomic E-state index is 12.8. The van der Waals surface area contributed by atoms with Crippen molar-refractivity contribution in [2.24, 2.45) is 5.92 Å². The fraction of sp³-hybridized carbons (Fsp3) is 0.714. The summed E-state index contributed by atoms with van der Waals surface area (Å²) in [6.07, 6.45) is 7.83. The first-order valence-electron chi connectivity index (χ1n) is 10.8. The molecule has 1 unspecified atom stereocenters. The van der Waals surface area contributed by atoms with Gasteiger partial charge in [-0.25, -0.2) is 9.59 Å². The molecule has 0 aromatic carbocycles. The number of carbonyl (C=O) groups is 4.